The molecule has 4 nitrogen and oxygen atoms in total. The molecule has 1 amide bonds. The van der Waals surface area contributed by atoms with Crippen molar-refractivity contribution >= 4 is 11.6 Å². The quantitative estimate of drug-likeness (QED) is 0.713. The van der Waals surface area contributed by atoms with Crippen molar-refractivity contribution in [1.29, 1.82) is 0 Å². The largest absolute Gasteiger partial charge is 0.330 e. The van der Waals surface area contributed by atoms with Crippen molar-refractivity contribution in [2.24, 2.45) is 0 Å². The Morgan fingerprint density at radius 1 is 1.04 bits per heavy atom. The molecule has 1 fully saturated rings. The summed E-state index contributed by atoms with van der Waals surface area (Å²) in [5.41, 5.74) is 2.52. The molecule has 0 atom stereocenters. The maximum atomic E-state index is 13.3. The molecule has 25 heavy (non-hydrogen) atoms. The van der Waals surface area contributed by atoms with E-state index in [9.17, 15) is 4.79 Å². The molecule has 0 N–H and O–H groups in total. The van der Waals surface area contributed by atoms with Crippen LogP contribution in [0.2, 0.25) is 0 Å². The number of amides is 1. The van der Waals surface area contributed by atoms with Crippen LogP contribution in [0.15, 0.2) is 60.9 Å². The van der Waals surface area contributed by atoms with Gasteiger partial charge in [0.05, 0.1) is 0 Å². The van der Waals surface area contributed by atoms with E-state index >= 15 is 0 Å². The molecule has 0 aliphatic heterocycles. The first-order chi connectivity index (χ1) is 12.3. The van der Waals surface area contributed by atoms with Crippen LogP contribution < -0.4 is 0 Å². The van der Waals surface area contributed by atoms with Gasteiger partial charge in [0.25, 0.3) is 5.91 Å². The summed E-state index contributed by atoms with van der Waals surface area (Å²) in [7, 11) is 0. The lowest BCUT2D eigenvalue weighted by Crippen LogP contribution is -2.41. The predicted molar refractivity (Wildman–Crippen MR) is 98.4 cm³/mol. The lowest BCUT2D eigenvalue weighted by atomic mass is 9.93. The molecule has 4 heteroatoms. The Kier molecular flexibility index (Phi) is 4.51. The lowest BCUT2D eigenvalue weighted by Gasteiger charge is -2.34. The van der Waals surface area contributed by atoms with Gasteiger partial charge < -0.3 is 9.30 Å². The van der Waals surface area contributed by atoms with Crippen molar-refractivity contribution in [3.05, 3.63) is 72.2 Å². The first-order valence-electron chi connectivity index (χ1n) is 9.10. The smallest absolute Gasteiger partial charge is 0.274 e. The molecule has 0 spiro atoms. The zero-order valence-corrected chi connectivity index (χ0v) is 14.3. The van der Waals surface area contributed by atoms with Gasteiger partial charge in [-0.25, -0.2) is 4.98 Å². The normalized spacial score (nSPS) is 15.4. The van der Waals surface area contributed by atoms with Crippen LogP contribution in [0.25, 0.3) is 5.65 Å². The highest BCUT2D eigenvalue weighted by Crippen LogP contribution is 2.25. The highest BCUT2D eigenvalue weighted by molar-refractivity contribution is 5.93. The molecule has 1 saturated carbocycles. The maximum absolute atomic E-state index is 13.3. The summed E-state index contributed by atoms with van der Waals surface area (Å²) >= 11 is 0. The monoisotopic (exact) mass is 333 g/mol. The fourth-order valence-electron chi connectivity index (χ4n) is 3.72. The molecule has 4 rings (SSSR count). The van der Waals surface area contributed by atoms with Crippen molar-refractivity contribution in [2.75, 3.05) is 0 Å². The molecular formula is C21H23N3O. The van der Waals surface area contributed by atoms with Gasteiger partial charge in [0, 0.05) is 25.0 Å². The summed E-state index contributed by atoms with van der Waals surface area (Å²) in [5.74, 6) is 0.0412. The number of hydrogen-bond donors (Lipinski definition) is 0. The Balaban J connectivity index is 1.64. The van der Waals surface area contributed by atoms with Crippen LogP contribution in [0.5, 0.6) is 0 Å². The molecule has 0 radical (unpaired) electrons. The van der Waals surface area contributed by atoms with E-state index in [1.165, 1.54) is 24.8 Å². The fourth-order valence-corrected chi connectivity index (χ4v) is 3.72. The van der Waals surface area contributed by atoms with Crippen molar-refractivity contribution in [3.8, 4) is 0 Å². The number of nitrogens with zero attached hydrogens (tertiary/aromatic N) is 3. The summed E-state index contributed by atoms with van der Waals surface area (Å²) < 4.78 is 1.91. The van der Waals surface area contributed by atoms with E-state index in [1.807, 2.05) is 58.1 Å². The minimum atomic E-state index is 0.0412. The molecule has 3 aromatic rings. The minimum absolute atomic E-state index is 0.0412. The molecule has 1 aliphatic rings. The summed E-state index contributed by atoms with van der Waals surface area (Å²) in [5, 5.41) is 0. The molecule has 0 unspecified atom stereocenters. The van der Waals surface area contributed by atoms with Gasteiger partial charge in [0.15, 0.2) is 0 Å². The third-order valence-electron chi connectivity index (χ3n) is 5.06. The second-order valence-electron chi connectivity index (χ2n) is 6.80. The molecule has 2 aromatic heterocycles. The molecule has 1 aliphatic carbocycles. The maximum Gasteiger partial charge on any atom is 0.274 e. The fraction of sp³-hybridized carbons (Fsp3) is 0.333. The number of fused-ring (bicyclic) bond motifs is 1. The van der Waals surface area contributed by atoms with Crippen molar-refractivity contribution in [3.63, 3.8) is 0 Å². The third kappa shape index (κ3) is 3.43. The average molecular weight is 333 g/mol. The third-order valence-corrected chi connectivity index (χ3v) is 5.06. The van der Waals surface area contributed by atoms with E-state index in [4.69, 9.17) is 0 Å². The Morgan fingerprint density at radius 2 is 1.80 bits per heavy atom. The zero-order valence-electron chi connectivity index (χ0n) is 14.3. The van der Waals surface area contributed by atoms with Crippen LogP contribution in [0.3, 0.4) is 0 Å². The number of benzene rings is 1. The van der Waals surface area contributed by atoms with Gasteiger partial charge in [-0.15, -0.1) is 0 Å². The Labute approximate surface area is 148 Å². The minimum Gasteiger partial charge on any atom is -0.330 e. The van der Waals surface area contributed by atoms with Crippen LogP contribution in [0, 0.1) is 0 Å². The highest BCUT2D eigenvalue weighted by Gasteiger charge is 2.27. The SMILES string of the molecule is O=C(c1cn2ccccc2n1)N(Cc1ccccc1)C1CCCCC1. The van der Waals surface area contributed by atoms with Crippen LogP contribution in [-0.4, -0.2) is 26.2 Å². The topological polar surface area (TPSA) is 37.6 Å². The number of hydrogen-bond acceptors (Lipinski definition) is 2. The van der Waals surface area contributed by atoms with Gasteiger partial charge in [-0.2, -0.15) is 0 Å². The van der Waals surface area contributed by atoms with Crippen LogP contribution in [0.4, 0.5) is 0 Å². The number of rotatable bonds is 4. The molecule has 2 heterocycles. The summed E-state index contributed by atoms with van der Waals surface area (Å²) in [4.78, 5) is 19.8. The van der Waals surface area contributed by atoms with E-state index < -0.39 is 0 Å². The van der Waals surface area contributed by atoms with E-state index in [0.717, 1.165) is 18.5 Å². The molecule has 0 saturated heterocycles. The van der Waals surface area contributed by atoms with Gasteiger partial charge in [-0.05, 0) is 30.5 Å². The highest BCUT2D eigenvalue weighted by atomic mass is 16.2. The van der Waals surface area contributed by atoms with E-state index in [0.29, 0.717) is 18.3 Å². The van der Waals surface area contributed by atoms with Crippen molar-refractivity contribution < 1.29 is 4.79 Å². The molecular weight excluding hydrogens is 310 g/mol. The Bertz CT molecular complexity index is 817. The van der Waals surface area contributed by atoms with Gasteiger partial charge in [0.1, 0.15) is 11.3 Å². The first kappa shape index (κ1) is 15.9. The van der Waals surface area contributed by atoms with Crippen LogP contribution >= 0.6 is 0 Å². The molecule has 1 aromatic carbocycles. The van der Waals surface area contributed by atoms with Crippen LogP contribution in [0.1, 0.15) is 48.2 Å². The van der Waals surface area contributed by atoms with E-state index in [-0.39, 0.29) is 5.91 Å². The Morgan fingerprint density at radius 3 is 2.56 bits per heavy atom. The number of imidazole rings is 1. The van der Waals surface area contributed by atoms with Gasteiger partial charge in [-0.1, -0.05) is 55.7 Å². The van der Waals surface area contributed by atoms with E-state index in [1.54, 1.807) is 0 Å². The molecule has 128 valence electrons. The second kappa shape index (κ2) is 7.09. The van der Waals surface area contributed by atoms with Gasteiger partial charge >= 0.3 is 0 Å². The number of carbonyl (C=O) groups excluding carboxylic acids is 1. The number of carbonyl (C=O) groups is 1. The number of aromatic nitrogens is 2. The zero-order chi connectivity index (χ0) is 17.1. The first-order valence-corrected chi connectivity index (χ1v) is 9.10. The van der Waals surface area contributed by atoms with Gasteiger partial charge in [-0.3, -0.25) is 4.79 Å². The number of pyridine rings is 1. The van der Waals surface area contributed by atoms with E-state index in [2.05, 4.69) is 17.1 Å². The summed E-state index contributed by atoms with van der Waals surface area (Å²) in [6, 6.07) is 16.4. The standard InChI is InChI=1S/C21H23N3O/c25-21(19-16-23-14-8-7-13-20(23)22-19)24(18-11-5-2-6-12-18)15-17-9-3-1-4-10-17/h1,3-4,7-10,13-14,16,18H,2,5-6,11-12,15H2. The van der Waals surface area contributed by atoms with Gasteiger partial charge in [0.2, 0.25) is 0 Å². The lowest BCUT2D eigenvalue weighted by molar-refractivity contribution is 0.0609. The second-order valence-corrected chi connectivity index (χ2v) is 6.80. The average Bonchev–Trinajstić information content (AvgIpc) is 3.11. The summed E-state index contributed by atoms with van der Waals surface area (Å²) in [6.07, 6.45) is 9.64. The van der Waals surface area contributed by atoms with Crippen molar-refractivity contribution in [1.82, 2.24) is 14.3 Å². The van der Waals surface area contributed by atoms with Crippen molar-refractivity contribution in [2.45, 2.75) is 44.7 Å². The molecule has 0 bridgehead atoms. The predicted octanol–water partition coefficient (Wildman–Crippen LogP) is 4.31. The van der Waals surface area contributed by atoms with Crippen LogP contribution in [-0.2, 0) is 6.54 Å². The summed E-state index contributed by atoms with van der Waals surface area (Å²) in [6.45, 7) is 0.651. The Hall–Kier alpha value is -2.62.